The van der Waals surface area contributed by atoms with Crippen LogP contribution in [-0.4, -0.2) is 25.5 Å². The molecule has 0 bridgehead atoms. The highest BCUT2D eigenvalue weighted by Gasteiger charge is 2.12. The summed E-state index contributed by atoms with van der Waals surface area (Å²) >= 11 is 3.47. The van der Waals surface area contributed by atoms with Gasteiger partial charge in [0.1, 0.15) is 11.3 Å². The Labute approximate surface area is 151 Å². The summed E-state index contributed by atoms with van der Waals surface area (Å²) in [6.07, 6.45) is 6.98. The van der Waals surface area contributed by atoms with Gasteiger partial charge in [0.15, 0.2) is 0 Å². The monoisotopic (exact) mass is 399 g/mol. The second-order valence-electron chi connectivity index (χ2n) is 5.67. The first-order valence-corrected chi connectivity index (χ1v) is 8.39. The molecule has 0 unspecified atom stereocenters. The van der Waals surface area contributed by atoms with Crippen molar-refractivity contribution in [1.29, 1.82) is 0 Å². The fourth-order valence-corrected chi connectivity index (χ4v) is 3.19. The van der Waals surface area contributed by atoms with Crippen LogP contribution in [-0.2, 0) is 6.54 Å². The molecule has 4 heterocycles. The second-order valence-corrected chi connectivity index (χ2v) is 6.58. The normalized spacial score (nSPS) is 11.1. The Morgan fingerprint density at radius 3 is 3.08 bits per heavy atom. The first-order chi connectivity index (χ1) is 12.1. The van der Waals surface area contributed by atoms with E-state index < -0.39 is 0 Å². The number of aromatic nitrogens is 4. The van der Waals surface area contributed by atoms with Crippen LogP contribution in [0.2, 0.25) is 0 Å². The van der Waals surface area contributed by atoms with Crippen molar-refractivity contribution in [3.05, 3.63) is 64.5 Å². The number of halogens is 1. The number of carbonyl (C=O) groups excluding carboxylic acids is 1. The third-order valence-corrected chi connectivity index (χ3v) is 4.25. The average molecular weight is 400 g/mol. The molecule has 8 heteroatoms. The quantitative estimate of drug-likeness (QED) is 0.550. The van der Waals surface area contributed by atoms with Crippen LogP contribution in [0.1, 0.15) is 21.7 Å². The molecule has 0 aliphatic heterocycles. The minimum Gasteiger partial charge on any atom is -0.472 e. The van der Waals surface area contributed by atoms with Crippen molar-refractivity contribution in [2.75, 3.05) is 0 Å². The van der Waals surface area contributed by atoms with E-state index in [0.29, 0.717) is 17.9 Å². The molecule has 4 aromatic rings. The van der Waals surface area contributed by atoms with Crippen molar-refractivity contribution >= 4 is 27.5 Å². The number of H-pyrrole nitrogens is 1. The van der Waals surface area contributed by atoms with Gasteiger partial charge in [-0.1, -0.05) is 0 Å². The third-order valence-electron chi connectivity index (χ3n) is 3.82. The first kappa shape index (κ1) is 15.6. The summed E-state index contributed by atoms with van der Waals surface area (Å²) in [7, 11) is 0. The van der Waals surface area contributed by atoms with Crippen LogP contribution in [0.25, 0.3) is 16.9 Å². The van der Waals surface area contributed by atoms with Gasteiger partial charge in [-0.15, -0.1) is 0 Å². The lowest BCUT2D eigenvalue weighted by Gasteiger charge is -1.99. The molecule has 0 radical (unpaired) electrons. The van der Waals surface area contributed by atoms with Crippen molar-refractivity contribution in [1.82, 2.24) is 24.9 Å². The number of furan rings is 1. The van der Waals surface area contributed by atoms with Gasteiger partial charge in [-0.25, -0.2) is 4.98 Å². The number of aromatic amines is 1. The number of nitrogens with zero attached hydrogens (tertiary/aromatic N) is 3. The number of rotatable bonds is 4. The summed E-state index contributed by atoms with van der Waals surface area (Å²) in [6, 6.07) is 5.48. The molecule has 0 aliphatic carbocycles. The van der Waals surface area contributed by atoms with E-state index in [4.69, 9.17) is 4.42 Å². The van der Waals surface area contributed by atoms with Gasteiger partial charge in [-0.3, -0.25) is 9.89 Å². The highest BCUT2D eigenvalue weighted by Crippen LogP contribution is 2.18. The van der Waals surface area contributed by atoms with Gasteiger partial charge in [-0.05, 0) is 46.6 Å². The van der Waals surface area contributed by atoms with Crippen molar-refractivity contribution in [2.24, 2.45) is 0 Å². The van der Waals surface area contributed by atoms with Crippen LogP contribution < -0.4 is 5.32 Å². The number of hydrogen-bond acceptors (Lipinski definition) is 4. The zero-order valence-corrected chi connectivity index (χ0v) is 14.9. The Balaban J connectivity index is 1.48. The fourth-order valence-electron chi connectivity index (χ4n) is 2.62. The van der Waals surface area contributed by atoms with E-state index in [1.165, 1.54) is 0 Å². The number of imidazole rings is 1. The molecule has 1 amide bonds. The molecule has 0 fully saturated rings. The van der Waals surface area contributed by atoms with Crippen molar-refractivity contribution in [2.45, 2.75) is 13.5 Å². The number of pyridine rings is 1. The van der Waals surface area contributed by atoms with Crippen LogP contribution in [0.3, 0.4) is 0 Å². The fraction of sp³-hybridized carbons (Fsp3) is 0.118. The number of carbonyl (C=O) groups is 1. The Morgan fingerprint density at radius 1 is 1.40 bits per heavy atom. The lowest BCUT2D eigenvalue weighted by atomic mass is 10.2. The Morgan fingerprint density at radius 2 is 2.28 bits per heavy atom. The van der Waals surface area contributed by atoms with Crippen LogP contribution in [0.5, 0.6) is 0 Å². The highest BCUT2D eigenvalue weighted by molar-refractivity contribution is 9.10. The molecule has 25 heavy (non-hydrogen) atoms. The summed E-state index contributed by atoms with van der Waals surface area (Å²) in [5.41, 5.74) is 4.58. The maximum atomic E-state index is 12.3. The average Bonchev–Trinajstić information content (AvgIpc) is 3.31. The molecule has 0 aliphatic rings. The van der Waals surface area contributed by atoms with Gasteiger partial charge in [0.2, 0.25) is 0 Å². The van der Waals surface area contributed by atoms with Gasteiger partial charge in [-0.2, -0.15) is 5.10 Å². The van der Waals surface area contributed by atoms with Crippen LogP contribution >= 0.6 is 15.9 Å². The van der Waals surface area contributed by atoms with Crippen LogP contribution in [0, 0.1) is 6.92 Å². The van der Waals surface area contributed by atoms with Crippen LogP contribution in [0.4, 0.5) is 0 Å². The van der Waals surface area contributed by atoms with Gasteiger partial charge in [0, 0.05) is 22.4 Å². The first-order valence-electron chi connectivity index (χ1n) is 7.60. The Kier molecular flexibility index (Phi) is 3.89. The molecule has 2 N–H and O–H groups in total. The van der Waals surface area contributed by atoms with E-state index in [-0.39, 0.29) is 5.91 Å². The summed E-state index contributed by atoms with van der Waals surface area (Å²) in [5.74, 6) is -0.239. The molecule has 0 saturated heterocycles. The molecule has 0 aromatic carbocycles. The Hall–Kier alpha value is -2.87. The SMILES string of the molecule is Cc1cc(Br)cn2cc(CNC(=O)c3cc(-c4ccoc4)n[nH]3)nc12. The number of hydrogen-bond donors (Lipinski definition) is 2. The smallest absolute Gasteiger partial charge is 0.269 e. The van der Waals surface area contributed by atoms with E-state index in [9.17, 15) is 4.79 Å². The van der Waals surface area contributed by atoms with Gasteiger partial charge >= 0.3 is 0 Å². The molecule has 4 aromatic heterocycles. The minimum absolute atomic E-state index is 0.239. The predicted octanol–water partition coefficient (Wildman–Crippen LogP) is 3.32. The van der Waals surface area contributed by atoms with E-state index >= 15 is 0 Å². The molecule has 0 saturated carbocycles. The maximum absolute atomic E-state index is 12.3. The third kappa shape index (κ3) is 3.08. The van der Waals surface area contributed by atoms with E-state index in [0.717, 1.165) is 26.9 Å². The number of amides is 1. The highest BCUT2D eigenvalue weighted by atomic mass is 79.9. The van der Waals surface area contributed by atoms with Crippen molar-refractivity contribution in [3.8, 4) is 11.3 Å². The molecule has 4 rings (SSSR count). The zero-order chi connectivity index (χ0) is 17.4. The van der Waals surface area contributed by atoms with Crippen molar-refractivity contribution in [3.63, 3.8) is 0 Å². The molecular formula is C17H14BrN5O2. The minimum atomic E-state index is -0.239. The van der Waals surface area contributed by atoms with E-state index in [2.05, 4.69) is 36.4 Å². The summed E-state index contributed by atoms with van der Waals surface area (Å²) in [6.45, 7) is 2.33. The van der Waals surface area contributed by atoms with E-state index in [1.807, 2.05) is 29.8 Å². The lowest BCUT2D eigenvalue weighted by molar-refractivity contribution is 0.0945. The van der Waals surface area contributed by atoms with E-state index in [1.54, 1.807) is 24.7 Å². The predicted molar refractivity (Wildman–Crippen MR) is 95.1 cm³/mol. The number of nitrogens with one attached hydrogen (secondary N) is 2. The summed E-state index contributed by atoms with van der Waals surface area (Å²) in [4.78, 5) is 16.8. The van der Waals surface area contributed by atoms with Gasteiger partial charge < -0.3 is 14.1 Å². The largest absolute Gasteiger partial charge is 0.472 e. The molecule has 126 valence electrons. The standard InChI is InChI=1S/C17H14BrN5O2/c1-10-4-12(18)7-23-8-13(20-16(10)23)6-19-17(24)15-5-14(21-22-15)11-2-3-25-9-11/h2-5,7-9H,6H2,1H3,(H,19,24)(H,21,22). The maximum Gasteiger partial charge on any atom is 0.269 e. The molecule has 0 atom stereocenters. The van der Waals surface area contributed by atoms with Gasteiger partial charge in [0.25, 0.3) is 5.91 Å². The van der Waals surface area contributed by atoms with Crippen LogP contribution in [0.15, 0.2) is 52.0 Å². The Bertz CT molecular complexity index is 1050. The molecule has 0 spiro atoms. The number of fused-ring (bicyclic) bond motifs is 1. The molecular weight excluding hydrogens is 386 g/mol. The topological polar surface area (TPSA) is 88.2 Å². The van der Waals surface area contributed by atoms with Gasteiger partial charge in [0.05, 0.1) is 30.5 Å². The lowest BCUT2D eigenvalue weighted by Crippen LogP contribution is -2.23. The second kappa shape index (κ2) is 6.21. The number of aryl methyl sites for hydroxylation is 1. The van der Waals surface area contributed by atoms with Crippen molar-refractivity contribution < 1.29 is 9.21 Å². The summed E-state index contributed by atoms with van der Waals surface area (Å²) < 4.78 is 7.94. The molecule has 7 nitrogen and oxygen atoms in total. The summed E-state index contributed by atoms with van der Waals surface area (Å²) in [5, 5.41) is 9.71. The zero-order valence-electron chi connectivity index (χ0n) is 13.3.